The fourth-order valence-corrected chi connectivity index (χ4v) is 7.85. The minimum absolute atomic E-state index is 0.00373. The Bertz CT molecular complexity index is 1290. The van der Waals surface area contributed by atoms with E-state index >= 15 is 0 Å². The Kier molecular flexibility index (Phi) is 11.9. The van der Waals surface area contributed by atoms with Gasteiger partial charge in [0.1, 0.15) is 19.3 Å². The van der Waals surface area contributed by atoms with E-state index in [1.165, 1.54) is 0 Å². The predicted octanol–water partition coefficient (Wildman–Crippen LogP) is 9.21. The van der Waals surface area contributed by atoms with Gasteiger partial charge in [0, 0.05) is 36.7 Å². The summed E-state index contributed by atoms with van der Waals surface area (Å²) in [6, 6.07) is 1.81. The molecule has 7 nitrogen and oxygen atoms in total. The molecule has 260 valence electrons. The molecule has 1 spiro atoms. The van der Waals surface area contributed by atoms with Gasteiger partial charge in [-0.3, -0.25) is 0 Å². The van der Waals surface area contributed by atoms with Gasteiger partial charge < -0.3 is 24.5 Å². The first-order chi connectivity index (χ1) is 20.8. The number of nitrogens with one attached hydrogen (secondary N) is 2. The summed E-state index contributed by atoms with van der Waals surface area (Å²) in [5.74, 6) is 4.13. The second-order valence-electron chi connectivity index (χ2n) is 18.3. The molecule has 0 saturated heterocycles. The molecule has 1 saturated carbocycles. The van der Waals surface area contributed by atoms with Crippen molar-refractivity contribution in [1.29, 1.82) is 0 Å². The van der Waals surface area contributed by atoms with E-state index in [1.54, 1.807) is 0 Å². The third-order valence-electron chi connectivity index (χ3n) is 9.01. The van der Waals surface area contributed by atoms with Crippen molar-refractivity contribution in [2.24, 2.45) is 5.41 Å². The van der Waals surface area contributed by atoms with Crippen LogP contribution in [0.15, 0.2) is 6.07 Å². The lowest BCUT2D eigenvalue weighted by molar-refractivity contribution is -0.0383. The van der Waals surface area contributed by atoms with E-state index in [4.69, 9.17) is 30.5 Å². The average Bonchev–Trinajstić information content (AvgIpc) is 2.81. The summed E-state index contributed by atoms with van der Waals surface area (Å²) in [5, 5.41) is 7.50. The van der Waals surface area contributed by atoms with Crippen LogP contribution in [0.1, 0.15) is 112 Å². The van der Waals surface area contributed by atoms with Gasteiger partial charge in [-0.2, -0.15) is 0 Å². The highest BCUT2D eigenvalue weighted by Gasteiger charge is 2.47. The first-order valence-corrected chi connectivity index (χ1v) is 23.9. The summed E-state index contributed by atoms with van der Waals surface area (Å²) in [5.41, 5.74) is 4.74. The largest absolute Gasteiger partial charge is 0.484 e. The number of halogens is 1. The van der Waals surface area contributed by atoms with Crippen molar-refractivity contribution in [3.05, 3.63) is 22.5 Å². The summed E-state index contributed by atoms with van der Waals surface area (Å²) >= 11 is 6.85. The highest BCUT2D eigenvalue weighted by Crippen LogP contribution is 2.51. The fraction of sp³-hybridized carbons (Fsp3) is 0.778. The molecule has 10 heteroatoms. The molecule has 1 aromatic heterocycles. The number of fused-ring (bicyclic) bond motifs is 1. The molecular formula is C36H62ClN3O4Si2. The van der Waals surface area contributed by atoms with Crippen LogP contribution in [-0.4, -0.2) is 57.4 Å². The van der Waals surface area contributed by atoms with Gasteiger partial charge in [0.05, 0.1) is 12.1 Å². The number of alkyl carbamates (subject to hydrolysis) is 1. The Morgan fingerprint density at radius 2 is 1.74 bits per heavy atom. The molecule has 1 fully saturated rings. The molecule has 2 N–H and O–H groups in total. The van der Waals surface area contributed by atoms with Crippen LogP contribution in [0.5, 0.6) is 5.75 Å². The third kappa shape index (κ3) is 11.3. The highest BCUT2D eigenvalue weighted by atomic mass is 35.5. The topological polar surface area (TPSA) is 81.7 Å². The van der Waals surface area contributed by atoms with Crippen molar-refractivity contribution in [2.75, 3.05) is 6.54 Å². The van der Waals surface area contributed by atoms with Crippen molar-refractivity contribution in [1.82, 2.24) is 15.6 Å². The molecule has 2 heterocycles. The third-order valence-corrected chi connectivity index (χ3v) is 14.7. The molecule has 2 aliphatic rings. The summed E-state index contributed by atoms with van der Waals surface area (Å²) < 4.78 is 19.5. The van der Waals surface area contributed by atoms with Crippen LogP contribution in [0.25, 0.3) is 0 Å². The van der Waals surface area contributed by atoms with Gasteiger partial charge in [0.2, 0.25) is 0 Å². The summed E-state index contributed by atoms with van der Waals surface area (Å²) in [7, 11) is -3.88. The quantitative estimate of drug-likeness (QED) is 0.153. The average molecular weight is 693 g/mol. The zero-order valence-corrected chi connectivity index (χ0v) is 34.0. The Morgan fingerprint density at radius 3 is 2.24 bits per heavy atom. The standard InChI is InChI=1S/C36H62ClN3O4Si2/c1-33(2,3)22-25-21-26-28(23-36(18-16-19-36)42-30(26)31(37)39-25)38-24-29(44-46(13,14)35(7,8)9)27(17-15-20-45(10,11)12)40-32(41)43-34(4,5)6/h21,27-29,38H,16-19,22-24H2,1-14H3,(H,40,41)/t27-,28-,29+/m0/s1. The van der Waals surface area contributed by atoms with Crippen LogP contribution < -0.4 is 15.4 Å². The summed E-state index contributed by atoms with van der Waals surface area (Å²) in [4.78, 5) is 18.0. The van der Waals surface area contributed by atoms with Crippen molar-refractivity contribution >= 4 is 34.1 Å². The van der Waals surface area contributed by atoms with E-state index in [-0.39, 0.29) is 34.2 Å². The molecule has 0 aromatic carbocycles. The number of pyridine rings is 1. The van der Waals surface area contributed by atoms with Crippen LogP contribution in [0.3, 0.4) is 0 Å². The predicted molar refractivity (Wildman–Crippen MR) is 196 cm³/mol. The van der Waals surface area contributed by atoms with Gasteiger partial charge in [0.15, 0.2) is 19.2 Å². The maximum absolute atomic E-state index is 13.2. The lowest BCUT2D eigenvalue weighted by atomic mass is 9.73. The van der Waals surface area contributed by atoms with Crippen LogP contribution >= 0.6 is 11.6 Å². The molecule has 46 heavy (non-hydrogen) atoms. The molecule has 1 amide bonds. The monoisotopic (exact) mass is 691 g/mol. The number of ether oxygens (including phenoxy) is 2. The van der Waals surface area contributed by atoms with Gasteiger partial charge in [0.25, 0.3) is 0 Å². The fourth-order valence-electron chi connectivity index (χ4n) is 5.61. The second-order valence-corrected chi connectivity index (χ2v) is 28.2. The minimum atomic E-state index is -2.26. The smallest absolute Gasteiger partial charge is 0.407 e. The second kappa shape index (κ2) is 14.1. The van der Waals surface area contributed by atoms with Gasteiger partial charge in [-0.15, -0.1) is 11.5 Å². The zero-order valence-electron chi connectivity index (χ0n) is 31.2. The van der Waals surface area contributed by atoms with Crippen LogP contribution in [0.4, 0.5) is 4.79 Å². The molecule has 1 aliphatic carbocycles. The maximum atomic E-state index is 13.2. The molecule has 0 radical (unpaired) electrons. The van der Waals surface area contributed by atoms with E-state index in [2.05, 4.69) is 102 Å². The zero-order chi connectivity index (χ0) is 34.9. The van der Waals surface area contributed by atoms with E-state index in [1.807, 2.05) is 20.8 Å². The van der Waals surface area contributed by atoms with Crippen molar-refractivity contribution < 1.29 is 18.7 Å². The van der Waals surface area contributed by atoms with Crippen molar-refractivity contribution in [2.45, 2.75) is 168 Å². The Hall–Kier alpha value is -1.58. The van der Waals surface area contributed by atoms with E-state index in [9.17, 15) is 4.79 Å². The van der Waals surface area contributed by atoms with E-state index < -0.39 is 28.1 Å². The first-order valence-electron chi connectivity index (χ1n) is 17.1. The van der Waals surface area contributed by atoms with Gasteiger partial charge in [-0.25, -0.2) is 9.78 Å². The van der Waals surface area contributed by atoms with Crippen LogP contribution in [0, 0.1) is 16.9 Å². The lowest BCUT2D eigenvalue weighted by Gasteiger charge is -2.48. The number of hydrogen-bond acceptors (Lipinski definition) is 6. The number of carbonyl (C=O) groups excluding carboxylic acids is 1. The molecule has 3 rings (SSSR count). The minimum Gasteiger partial charge on any atom is -0.484 e. The summed E-state index contributed by atoms with van der Waals surface area (Å²) in [6.45, 7) is 30.7. The van der Waals surface area contributed by atoms with Crippen LogP contribution in [-0.2, 0) is 15.6 Å². The van der Waals surface area contributed by atoms with Gasteiger partial charge in [-0.05, 0) is 76.1 Å². The Balaban J connectivity index is 2.02. The molecule has 3 atom stereocenters. The van der Waals surface area contributed by atoms with Gasteiger partial charge in [-0.1, -0.05) is 72.8 Å². The maximum Gasteiger partial charge on any atom is 0.407 e. The summed E-state index contributed by atoms with van der Waals surface area (Å²) in [6.07, 6.45) is 4.50. The normalized spacial score (nSPS) is 19.6. The molecular weight excluding hydrogens is 630 g/mol. The molecule has 0 bridgehead atoms. The molecule has 1 aromatic rings. The van der Waals surface area contributed by atoms with Crippen LogP contribution in [0.2, 0.25) is 42.9 Å². The SMILES string of the molecule is CC(C)(C)Cc1cc2c(c(Cl)n1)OC1(CCC1)C[C@@H]2NC[C@@H](O[Si](C)(C)C(C)(C)C)[C@H](CC#C[Si](C)(C)C)NC(=O)OC(C)(C)C. The number of amides is 1. The van der Waals surface area contributed by atoms with Crippen molar-refractivity contribution in [3.8, 4) is 17.2 Å². The number of carbonyl (C=O) groups is 1. The number of aromatic nitrogens is 1. The molecule has 1 aliphatic heterocycles. The lowest BCUT2D eigenvalue weighted by Crippen LogP contribution is -2.56. The van der Waals surface area contributed by atoms with E-state index in [0.717, 1.165) is 43.4 Å². The number of hydrogen-bond donors (Lipinski definition) is 2. The Labute approximate surface area is 287 Å². The Morgan fingerprint density at radius 1 is 1.11 bits per heavy atom. The highest BCUT2D eigenvalue weighted by molar-refractivity contribution is 6.83. The number of nitrogens with zero attached hydrogens (tertiary/aromatic N) is 1. The number of rotatable bonds is 9. The van der Waals surface area contributed by atoms with E-state index in [0.29, 0.717) is 23.9 Å². The first kappa shape index (κ1) is 38.9. The molecule has 0 unspecified atom stereocenters. The van der Waals surface area contributed by atoms with Crippen molar-refractivity contribution in [3.63, 3.8) is 0 Å². The van der Waals surface area contributed by atoms with Gasteiger partial charge >= 0.3 is 6.09 Å².